The highest BCUT2D eigenvalue weighted by Crippen LogP contribution is 2.15. The van der Waals surface area contributed by atoms with Gasteiger partial charge in [-0.1, -0.05) is 42.5 Å². The average molecular weight is 210 g/mol. The van der Waals surface area contributed by atoms with Crippen molar-refractivity contribution in [3.63, 3.8) is 0 Å². The maximum Gasteiger partial charge on any atom is 0.0387 e. The maximum absolute atomic E-state index is 5.84. The fraction of sp³-hybridized carbons (Fsp3) is 0. The molecule has 0 fully saturated rings. The fourth-order valence-electron chi connectivity index (χ4n) is 1.51. The summed E-state index contributed by atoms with van der Waals surface area (Å²) in [7, 11) is 0. The second-order valence-corrected chi connectivity index (χ2v) is 3.63. The first-order chi connectivity index (χ1) is 7.75. The summed E-state index contributed by atoms with van der Waals surface area (Å²) in [6.45, 7) is 0. The van der Waals surface area contributed by atoms with Gasteiger partial charge < -0.3 is 11.5 Å². The molecule has 0 saturated heterocycles. The van der Waals surface area contributed by atoms with Crippen molar-refractivity contribution < 1.29 is 0 Å². The van der Waals surface area contributed by atoms with Crippen molar-refractivity contribution in [3.8, 4) is 0 Å². The molecule has 0 aliphatic rings. The van der Waals surface area contributed by atoms with Crippen molar-refractivity contribution in [2.45, 2.75) is 0 Å². The van der Waals surface area contributed by atoms with E-state index in [0.717, 1.165) is 22.5 Å². The SMILES string of the molecule is Nc1cccc(C=Cc2ccccc2N)c1. The molecule has 16 heavy (non-hydrogen) atoms. The minimum atomic E-state index is 0.767. The molecule has 4 N–H and O–H groups in total. The number of nitrogen functional groups attached to an aromatic ring is 2. The van der Waals surface area contributed by atoms with E-state index in [1.54, 1.807) is 0 Å². The molecule has 0 bridgehead atoms. The summed E-state index contributed by atoms with van der Waals surface area (Å²) in [5, 5.41) is 0. The Bertz CT molecular complexity index is 516. The van der Waals surface area contributed by atoms with Gasteiger partial charge in [-0.15, -0.1) is 0 Å². The lowest BCUT2D eigenvalue weighted by Crippen LogP contribution is -1.87. The van der Waals surface area contributed by atoms with E-state index in [1.165, 1.54) is 0 Å². The number of nitrogens with two attached hydrogens (primary N) is 2. The number of rotatable bonds is 2. The second-order valence-electron chi connectivity index (χ2n) is 3.63. The Balaban J connectivity index is 2.25. The molecule has 2 heteroatoms. The Morgan fingerprint density at radius 3 is 2.38 bits per heavy atom. The third kappa shape index (κ3) is 2.42. The molecule has 0 heterocycles. The summed E-state index contributed by atoms with van der Waals surface area (Å²) >= 11 is 0. The van der Waals surface area contributed by atoms with Crippen molar-refractivity contribution in [2.24, 2.45) is 0 Å². The smallest absolute Gasteiger partial charge is 0.0387 e. The second kappa shape index (κ2) is 4.53. The van der Waals surface area contributed by atoms with Crippen LogP contribution in [0.1, 0.15) is 11.1 Å². The summed E-state index contributed by atoms with van der Waals surface area (Å²) in [4.78, 5) is 0. The molecule has 0 aliphatic carbocycles. The first-order valence-electron chi connectivity index (χ1n) is 5.14. The van der Waals surface area contributed by atoms with Gasteiger partial charge in [-0.3, -0.25) is 0 Å². The van der Waals surface area contributed by atoms with E-state index >= 15 is 0 Å². The van der Waals surface area contributed by atoms with Gasteiger partial charge in [-0.25, -0.2) is 0 Å². The number of benzene rings is 2. The summed E-state index contributed by atoms with van der Waals surface area (Å²) in [6, 6.07) is 15.5. The van der Waals surface area contributed by atoms with E-state index in [2.05, 4.69) is 0 Å². The van der Waals surface area contributed by atoms with Gasteiger partial charge in [0.1, 0.15) is 0 Å². The molecule has 80 valence electrons. The van der Waals surface area contributed by atoms with Gasteiger partial charge in [0, 0.05) is 11.4 Å². The van der Waals surface area contributed by atoms with Crippen LogP contribution in [0.15, 0.2) is 48.5 Å². The van der Waals surface area contributed by atoms with Crippen molar-refractivity contribution in [3.05, 3.63) is 59.7 Å². The molecule has 0 radical (unpaired) electrons. The van der Waals surface area contributed by atoms with Crippen LogP contribution in [0.5, 0.6) is 0 Å². The summed E-state index contributed by atoms with van der Waals surface area (Å²) in [5.74, 6) is 0. The summed E-state index contributed by atoms with van der Waals surface area (Å²) in [5.41, 5.74) is 15.2. The Hall–Kier alpha value is -2.22. The molecule has 0 atom stereocenters. The van der Waals surface area contributed by atoms with Crippen molar-refractivity contribution in [1.29, 1.82) is 0 Å². The van der Waals surface area contributed by atoms with E-state index in [4.69, 9.17) is 11.5 Å². The number of anilines is 2. The van der Waals surface area contributed by atoms with E-state index in [0.29, 0.717) is 0 Å². The quantitative estimate of drug-likeness (QED) is 0.591. The van der Waals surface area contributed by atoms with Crippen molar-refractivity contribution >= 4 is 23.5 Å². The highest BCUT2D eigenvalue weighted by atomic mass is 14.6. The van der Waals surface area contributed by atoms with Crippen molar-refractivity contribution in [1.82, 2.24) is 0 Å². The molecule has 2 rings (SSSR count). The van der Waals surface area contributed by atoms with E-state index in [-0.39, 0.29) is 0 Å². The van der Waals surface area contributed by atoms with Crippen LogP contribution in [0.2, 0.25) is 0 Å². The number of hydrogen-bond donors (Lipinski definition) is 2. The molecule has 2 nitrogen and oxygen atoms in total. The summed E-state index contributed by atoms with van der Waals surface area (Å²) < 4.78 is 0. The molecule has 0 aliphatic heterocycles. The first kappa shape index (κ1) is 10.3. The molecule has 0 saturated carbocycles. The molecule has 0 aromatic heterocycles. The van der Waals surface area contributed by atoms with Crippen LogP contribution in [-0.4, -0.2) is 0 Å². The van der Waals surface area contributed by atoms with Crippen LogP contribution in [0.3, 0.4) is 0 Å². The average Bonchev–Trinajstić information content (AvgIpc) is 2.28. The van der Waals surface area contributed by atoms with Crippen LogP contribution in [-0.2, 0) is 0 Å². The molecule has 0 spiro atoms. The lowest BCUT2D eigenvalue weighted by Gasteiger charge is -1.99. The Morgan fingerprint density at radius 1 is 0.812 bits per heavy atom. The maximum atomic E-state index is 5.84. The van der Waals surface area contributed by atoms with Crippen LogP contribution >= 0.6 is 0 Å². The predicted molar refractivity (Wildman–Crippen MR) is 70.6 cm³/mol. The topological polar surface area (TPSA) is 52.0 Å². The Morgan fingerprint density at radius 2 is 1.62 bits per heavy atom. The Labute approximate surface area is 95.2 Å². The molecule has 2 aromatic rings. The van der Waals surface area contributed by atoms with E-state index in [1.807, 2.05) is 60.7 Å². The molecular weight excluding hydrogens is 196 g/mol. The third-order valence-corrected chi connectivity index (χ3v) is 2.36. The van der Waals surface area contributed by atoms with Crippen LogP contribution in [0, 0.1) is 0 Å². The highest BCUT2D eigenvalue weighted by molar-refractivity contribution is 5.76. The first-order valence-corrected chi connectivity index (χ1v) is 5.14. The van der Waals surface area contributed by atoms with Gasteiger partial charge in [-0.05, 0) is 29.3 Å². The Kier molecular flexibility index (Phi) is 2.92. The normalized spacial score (nSPS) is 10.8. The van der Waals surface area contributed by atoms with Gasteiger partial charge in [0.2, 0.25) is 0 Å². The van der Waals surface area contributed by atoms with Crippen molar-refractivity contribution in [2.75, 3.05) is 11.5 Å². The van der Waals surface area contributed by atoms with Gasteiger partial charge in [-0.2, -0.15) is 0 Å². The minimum absolute atomic E-state index is 0.767. The number of para-hydroxylation sites is 1. The predicted octanol–water partition coefficient (Wildman–Crippen LogP) is 3.02. The summed E-state index contributed by atoms with van der Waals surface area (Å²) in [6.07, 6.45) is 3.99. The van der Waals surface area contributed by atoms with Crippen LogP contribution in [0.25, 0.3) is 12.2 Å². The van der Waals surface area contributed by atoms with Crippen LogP contribution < -0.4 is 11.5 Å². The fourth-order valence-corrected chi connectivity index (χ4v) is 1.51. The van der Waals surface area contributed by atoms with Gasteiger partial charge >= 0.3 is 0 Å². The zero-order valence-electron chi connectivity index (χ0n) is 8.93. The largest absolute Gasteiger partial charge is 0.399 e. The van der Waals surface area contributed by atoms with Gasteiger partial charge in [0.15, 0.2) is 0 Å². The minimum Gasteiger partial charge on any atom is -0.399 e. The zero-order chi connectivity index (χ0) is 11.4. The van der Waals surface area contributed by atoms with Gasteiger partial charge in [0.05, 0.1) is 0 Å². The zero-order valence-corrected chi connectivity index (χ0v) is 8.93. The monoisotopic (exact) mass is 210 g/mol. The van der Waals surface area contributed by atoms with E-state index < -0.39 is 0 Å². The third-order valence-electron chi connectivity index (χ3n) is 2.36. The van der Waals surface area contributed by atoms with Gasteiger partial charge in [0.25, 0.3) is 0 Å². The van der Waals surface area contributed by atoms with Crippen LogP contribution in [0.4, 0.5) is 11.4 Å². The molecule has 2 aromatic carbocycles. The van der Waals surface area contributed by atoms with E-state index in [9.17, 15) is 0 Å². The molecular formula is C14H14N2. The number of hydrogen-bond acceptors (Lipinski definition) is 2. The standard InChI is InChI=1S/C14H14N2/c15-13-6-3-4-11(10-13)8-9-12-5-1-2-7-14(12)16/h1-10H,15-16H2. The molecule has 0 amide bonds. The molecule has 0 unspecified atom stereocenters. The lowest BCUT2D eigenvalue weighted by molar-refractivity contribution is 1.63. The highest BCUT2D eigenvalue weighted by Gasteiger charge is 1.92. The lowest BCUT2D eigenvalue weighted by atomic mass is 10.1.